The van der Waals surface area contributed by atoms with Crippen LogP contribution in [0.15, 0.2) is 51.7 Å². The summed E-state index contributed by atoms with van der Waals surface area (Å²) >= 11 is 0. The SMILES string of the molecule is COc1cc(/C=C/C(=O)c2cc3cccc(OC)c3oc2=O)cc(OC)c1OC. The van der Waals surface area contributed by atoms with Crippen LogP contribution in [0.5, 0.6) is 23.0 Å². The van der Waals surface area contributed by atoms with Crippen LogP contribution in [-0.4, -0.2) is 34.2 Å². The van der Waals surface area contributed by atoms with E-state index in [1.54, 1.807) is 36.4 Å². The van der Waals surface area contributed by atoms with Crippen molar-refractivity contribution in [2.75, 3.05) is 28.4 Å². The summed E-state index contributed by atoms with van der Waals surface area (Å²) < 4.78 is 26.4. The molecule has 0 amide bonds. The van der Waals surface area contributed by atoms with Crippen molar-refractivity contribution >= 4 is 22.8 Å². The Bertz CT molecular complexity index is 1120. The fourth-order valence-corrected chi connectivity index (χ4v) is 2.91. The van der Waals surface area contributed by atoms with Crippen LogP contribution in [0.4, 0.5) is 0 Å². The lowest BCUT2D eigenvalue weighted by Crippen LogP contribution is -2.12. The Hall–Kier alpha value is -3.74. The molecule has 0 saturated carbocycles. The van der Waals surface area contributed by atoms with Crippen molar-refractivity contribution in [1.29, 1.82) is 0 Å². The molecule has 2 aromatic carbocycles. The molecule has 0 aliphatic carbocycles. The molecule has 29 heavy (non-hydrogen) atoms. The molecule has 0 spiro atoms. The van der Waals surface area contributed by atoms with E-state index in [-0.39, 0.29) is 5.56 Å². The second kappa shape index (κ2) is 8.52. The lowest BCUT2D eigenvalue weighted by Gasteiger charge is -2.12. The first-order valence-electron chi connectivity index (χ1n) is 8.65. The van der Waals surface area contributed by atoms with Crippen molar-refractivity contribution < 1.29 is 28.2 Å². The molecule has 3 rings (SSSR count). The van der Waals surface area contributed by atoms with Crippen LogP contribution in [-0.2, 0) is 0 Å². The summed E-state index contributed by atoms with van der Waals surface area (Å²) in [6, 6.07) is 10.0. The summed E-state index contributed by atoms with van der Waals surface area (Å²) in [4.78, 5) is 24.9. The Balaban J connectivity index is 1.97. The number of hydrogen-bond donors (Lipinski definition) is 0. The van der Waals surface area contributed by atoms with Gasteiger partial charge in [-0.05, 0) is 35.9 Å². The molecule has 0 atom stereocenters. The summed E-state index contributed by atoms with van der Waals surface area (Å²) in [5, 5.41) is 0.591. The highest BCUT2D eigenvalue weighted by Crippen LogP contribution is 2.38. The van der Waals surface area contributed by atoms with E-state index in [0.717, 1.165) is 0 Å². The molecule has 1 heterocycles. The topological polar surface area (TPSA) is 84.2 Å². The van der Waals surface area contributed by atoms with E-state index in [4.69, 9.17) is 23.4 Å². The number of allylic oxidation sites excluding steroid dienone is 1. The highest BCUT2D eigenvalue weighted by atomic mass is 16.5. The van der Waals surface area contributed by atoms with Gasteiger partial charge in [0.05, 0.1) is 28.4 Å². The highest BCUT2D eigenvalue weighted by molar-refractivity contribution is 6.08. The van der Waals surface area contributed by atoms with Crippen LogP contribution in [0.1, 0.15) is 15.9 Å². The molecule has 0 radical (unpaired) electrons. The first kappa shape index (κ1) is 20.0. The molecular weight excluding hydrogens is 376 g/mol. The Kier molecular flexibility index (Phi) is 5.87. The van der Waals surface area contributed by atoms with E-state index in [9.17, 15) is 9.59 Å². The van der Waals surface area contributed by atoms with Gasteiger partial charge in [-0.25, -0.2) is 4.79 Å². The van der Waals surface area contributed by atoms with Crippen LogP contribution < -0.4 is 24.6 Å². The second-order valence-corrected chi connectivity index (χ2v) is 5.98. The van der Waals surface area contributed by atoms with E-state index in [2.05, 4.69) is 0 Å². The zero-order valence-corrected chi connectivity index (χ0v) is 16.5. The average molecular weight is 396 g/mol. The smallest absolute Gasteiger partial charge is 0.347 e. The number of ketones is 1. The van der Waals surface area contributed by atoms with Gasteiger partial charge in [0.2, 0.25) is 5.75 Å². The maximum atomic E-state index is 12.6. The number of hydrogen-bond acceptors (Lipinski definition) is 7. The lowest BCUT2D eigenvalue weighted by molar-refractivity contribution is 0.104. The predicted molar refractivity (Wildman–Crippen MR) is 108 cm³/mol. The molecule has 0 saturated heterocycles. The van der Waals surface area contributed by atoms with Gasteiger partial charge < -0.3 is 23.4 Å². The normalized spacial score (nSPS) is 10.9. The maximum absolute atomic E-state index is 12.6. The molecule has 3 aromatic rings. The second-order valence-electron chi connectivity index (χ2n) is 5.98. The summed E-state index contributed by atoms with van der Waals surface area (Å²) in [6.45, 7) is 0. The van der Waals surface area contributed by atoms with Gasteiger partial charge in [0, 0.05) is 5.39 Å². The molecule has 150 valence electrons. The van der Waals surface area contributed by atoms with Gasteiger partial charge in [-0.15, -0.1) is 0 Å². The summed E-state index contributed by atoms with van der Waals surface area (Å²) in [6.07, 6.45) is 2.85. The third kappa shape index (κ3) is 3.94. The van der Waals surface area contributed by atoms with Gasteiger partial charge in [-0.3, -0.25) is 4.79 Å². The lowest BCUT2D eigenvalue weighted by atomic mass is 10.1. The molecule has 1 aromatic heterocycles. The highest BCUT2D eigenvalue weighted by Gasteiger charge is 2.15. The van der Waals surface area contributed by atoms with Gasteiger partial charge >= 0.3 is 5.63 Å². The number of ether oxygens (including phenoxy) is 4. The van der Waals surface area contributed by atoms with Crippen LogP contribution in [0.3, 0.4) is 0 Å². The Morgan fingerprint density at radius 3 is 2.14 bits per heavy atom. The number of methoxy groups -OCH3 is 4. The van der Waals surface area contributed by atoms with Gasteiger partial charge in [0.1, 0.15) is 5.56 Å². The van der Waals surface area contributed by atoms with Crippen molar-refractivity contribution in [2.45, 2.75) is 0 Å². The van der Waals surface area contributed by atoms with Gasteiger partial charge in [0.15, 0.2) is 28.6 Å². The van der Waals surface area contributed by atoms with Crippen LogP contribution in [0, 0.1) is 0 Å². The quantitative estimate of drug-likeness (QED) is 0.342. The molecule has 0 N–H and O–H groups in total. The van der Waals surface area contributed by atoms with Gasteiger partial charge in [-0.2, -0.15) is 0 Å². The molecular formula is C22H20O7. The summed E-state index contributed by atoms with van der Waals surface area (Å²) in [5.41, 5.74) is 0.126. The van der Waals surface area contributed by atoms with E-state index >= 15 is 0 Å². The number of carbonyl (C=O) groups excluding carboxylic acids is 1. The van der Waals surface area contributed by atoms with Gasteiger partial charge in [0.25, 0.3) is 0 Å². The number of rotatable bonds is 7. The number of fused-ring (bicyclic) bond motifs is 1. The average Bonchev–Trinajstić information content (AvgIpc) is 2.75. The summed E-state index contributed by atoms with van der Waals surface area (Å²) in [5.74, 6) is 1.29. The predicted octanol–water partition coefficient (Wildman–Crippen LogP) is 3.72. The standard InChI is InChI=1S/C22H20O7/c1-25-17-7-5-6-14-12-15(22(24)29-20(14)17)16(23)9-8-13-10-18(26-2)21(28-4)19(11-13)27-3/h5-12H,1-4H3/b9-8+. The first-order valence-corrected chi connectivity index (χ1v) is 8.65. The molecule has 7 nitrogen and oxygen atoms in total. The Morgan fingerprint density at radius 2 is 1.55 bits per heavy atom. The molecule has 0 aliphatic heterocycles. The number of benzene rings is 2. The van der Waals surface area contributed by atoms with Crippen molar-refractivity contribution in [3.63, 3.8) is 0 Å². The minimum Gasteiger partial charge on any atom is -0.493 e. The minimum atomic E-state index is -0.735. The van der Waals surface area contributed by atoms with Crippen molar-refractivity contribution in [3.8, 4) is 23.0 Å². The maximum Gasteiger partial charge on any atom is 0.347 e. The van der Waals surface area contributed by atoms with Crippen LogP contribution in [0.2, 0.25) is 0 Å². The van der Waals surface area contributed by atoms with Crippen LogP contribution in [0.25, 0.3) is 17.0 Å². The minimum absolute atomic E-state index is 0.0746. The van der Waals surface area contributed by atoms with Crippen molar-refractivity contribution in [1.82, 2.24) is 0 Å². The molecule has 0 unspecified atom stereocenters. The van der Waals surface area contributed by atoms with E-state index in [1.165, 1.54) is 40.6 Å². The number of para-hydroxylation sites is 1. The Labute approximate surface area is 167 Å². The van der Waals surface area contributed by atoms with E-state index in [1.807, 2.05) is 0 Å². The third-order valence-electron chi connectivity index (χ3n) is 4.32. The largest absolute Gasteiger partial charge is 0.493 e. The third-order valence-corrected chi connectivity index (χ3v) is 4.32. The zero-order chi connectivity index (χ0) is 21.0. The fourth-order valence-electron chi connectivity index (χ4n) is 2.91. The van der Waals surface area contributed by atoms with Crippen molar-refractivity contribution in [3.05, 3.63) is 64.0 Å². The Morgan fingerprint density at radius 1 is 0.897 bits per heavy atom. The van der Waals surface area contributed by atoms with Crippen molar-refractivity contribution in [2.24, 2.45) is 0 Å². The van der Waals surface area contributed by atoms with E-state index in [0.29, 0.717) is 39.5 Å². The fraction of sp³-hybridized carbons (Fsp3) is 0.182. The molecule has 7 heteroatoms. The van der Waals surface area contributed by atoms with Crippen LogP contribution >= 0.6 is 0 Å². The van der Waals surface area contributed by atoms with E-state index < -0.39 is 11.4 Å². The zero-order valence-electron chi connectivity index (χ0n) is 16.5. The molecule has 0 aliphatic rings. The summed E-state index contributed by atoms with van der Waals surface area (Å²) in [7, 11) is 6.00. The molecule has 0 fully saturated rings. The van der Waals surface area contributed by atoms with Gasteiger partial charge in [-0.1, -0.05) is 18.2 Å². The first-order chi connectivity index (χ1) is 14.0. The monoisotopic (exact) mass is 396 g/mol. The molecule has 0 bridgehead atoms. The number of carbonyl (C=O) groups is 1.